The monoisotopic (exact) mass is 490 g/mol. The summed E-state index contributed by atoms with van der Waals surface area (Å²) in [7, 11) is -1.47. The molecule has 6 nitrogen and oxygen atoms in total. The molecule has 0 heterocycles. The van der Waals surface area contributed by atoms with Gasteiger partial charge in [0.15, 0.2) is 5.96 Å². The number of rotatable bonds is 10. The Morgan fingerprint density at radius 3 is 2.32 bits per heavy atom. The maximum atomic E-state index is 11.7. The molecule has 2 N–H and O–H groups in total. The maximum absolute atomic E-state index is 11.7. The summed E-state index contributed by atoms with van der Waals surface area (Å²) in [6.45, 7) is 14.5. The van der Waals surface area contributed by atoms with Crippen LogP contribution in [0.2, 0.25) is 0 Å². The number of nitrogens with one attached hydrogen (secondary N) is 2. The topological polar surface area (TPSA) is 73.8 Å². The van der Waals surface area contributed by atoms with Gasteiger partial charge in [0.2, 0.25) is 10.0 Å². The van der Waals surface area contributed by atoms with E-state index in [1.807, 2.05) is 6.92 Å². The highest BCUT2D eigenvalue weighted by Gasteiger charge is 2.15. The smallest absolute Gasteiger partial charge is 0.213 e. The van der Waals surface area contributed by atoms with Gasteiger partial charge in [0.05, 0.1) is 5.75 Å². The molecule has 25 heavy (non-hydrogen) atoms. The van der Waals surface area contributed by atoms with Gasteiger partial charge in [0.25, 0.3) is 0 Å². The molecule has 0 aromatic heterocycles. The maximum Gasteiger partial charge on any atom is 0.213 e. The van der Waals surface area contributed by atoms with Crippen LogP contribution < -0.4 is 10.6 Å². The van der Waals surface area contributed by atoms with Crippen LogP contribution in [0.25, 0.3) is 0 Å². The van der Waals surface area contributed by atoms with Crippen LogP contribution in [-0.4, -0.2) is 57.2 Å². The summed E-state index contributed by atoms with van der Waals surface area (Å²) < 4.78 is 24.8. The molecule has 0 rings (SSSR count). The van der Waals surface area contributed by atoms with Gasteiger partial charge in [-0.05, 0) is 45.4 Å². The first-order valence-corrected chi connectivity index (χ1v) is 10.6. The van der Waals surface area contributed by atoms with E-state index in [1.165, 1.54) is 4.31 Å². The molecule has 0 fully saturated rings. The molecule has 8 heteroatoms. The zero-order valence-corrected chi connectivity index (χ0v) is 20.2. The van der Waals surface area contributed by atoms with Crippen LogP contribution >= 0.6 is 24.0 Å². The minimum Gasteiger partial charge on any atom is -0.357 e. The van der Waals surface area contributed by atoms with E-state index >= 15 is 0 Å². The van der Waals surface area contributed by atoms with Crippen molar-refractivity contribution in [1.82, 2.24) is 14.9 Å². The number of halogens is 1. The molecule has 1 unspecified atom stereocenters. The number of sulfonamides is 1. The number of nitrogens with zero attached hydrogens (tertiary/aromatic N) is 2. The Labute approximate surface area is 172 Å². The quantitative estimate of drug-likeness (QED) is 0.214. The third kappa shape index (κ3) is 13.7. The van der Waals surface area contributed by atoms with E-state index in [9.17, 15) is 8.42 Å². The third-order valence-corrected chi connectivity index (χ3v) is 5.66. The van der Waals surface area contributed by atoms with Gasteiger partial charge in [-0.25, -0.2) is 12.7 Å². The van der Waals surface area contributed by atoms with E-state index in [0.717, 1.165) is 25.3 Å². The minimum atomic E-state index is -3.10. The molecule has 152 valence electrons. The predicted molar refractivity (Wildman–Crippen MR) is 119 cm³/mol. The van der Waals surface area contributed by atoms with Gasteiger partial charge >= 0.3 is 0 Å². The molecule has 0 aromatic carbocycles. The fourth-order valence-electron chi connectivity index (χ4n) is 2.12. The number of aliphatic imine (C=N–C) groups is 1. The predicted octanol–water partition coefficient (Wildman–Crippen LogP) is 3.05. The van der Waals surface area contributed by atoms with Crippen LogP contribution in [-0.2, 0) is 10.0 Å². The van der Waals surface area contributed by atoms with Crippen molar-refractivity contribution in [2.45, 2.75) is 66.8 Å². The summed E-state index contributed by atoms with van der Waals surface area (Å²) in [4.78, 5) is 4.55. The summed E-state index contributed by atoms with van der Waals surface area (Å²) in [5.41, 5.74) is 0.334. The van der Waals surface area contributed by atoms with Gasteiger partial charge in [0, 0.05) is 32.7 Å². The van der Waals surface area contributed by atoms with Crippen LogP contribution in [0, 0.1) is 5.41 Å². The molecule has 0 aliphatic rings. The Morgan fingerprint density at radius 1 is 1.24 bits per heavy atom. The van der Waals surface area contributed by atoms with Crippen molar-refractivity contribution in [3.05, 3.63) is 0 Å². The third-order valence-electron chi connectivity index (χ3n) is 3.80. The van der Waals surface area contributed by atoms with Crippen molar-refractivity contribution in [2.24, 2.45) is 10.4 Å². The van der Waals surface area contributed by atoms with Crippen molar-refractivity contribution in [3.63, 3.8) is 0 Å². The molecule has 0 aliphatic carbocycles. The molecule has 1 atom stereocenters. The highest BCUT2D eigenvalue weighted by molar-refractivity contribution is 14.0. The highest BCUT2D eigenvalue weighted by Crippen LogP contribution is 2.21. The molecule has 0 spiro atoms. The fraction of sp³-hybridized carbons (Fsp3) is 0.941. The average Bonchev–Trinajstić information content (AvgIpc) is 2.48. The SMILES string of the molecule is CCNC(=NCCCN(C)S(=O)(=O)CC)NC(C)CCC(C)(C)C.I. The van der Waals surface area contributed by atoms with E-state index in [2.05, 4.69) is 43.3 Å². The molecule has 0 amide bonds. The normalized spacial score (nSPS) is 14.2. The van der Waals surface area contributed by atoms with Crippen LogP contribution in [0.1, 0.15) is 60.8 Å². The van der Waals surface area contributed by atoms with Gasteiger partial charge in [-0.3, -0.25) is 4.99 Å². The molecule has 0 aromatic rings. The summed E-state index contributed by atoms with van der Waals surface area (Å²) in [6, 6.07) is 0.352. The van der Waals surface area contributed by atoms with E-state index < -0.39 is 10.0 Å². The fourth-order valence-corrected chi connectivity index (χ4v) is 2.97. The van der Waals surface area contributed by atoms with Crippen LogP contribution in [0.15, 0.2) is 4.99 Å². The van der Waals surface area contributed by atoms with Crippen LogP contribution in [0.3, 0.4) is 0 Å². The molecule has 0 bridgehead atoms. The van der Waals surface area contributed by atoms with Crippen molar-refractivity contribution >= 4 is 40.0 Å². The standard InChI is InChI=1S/C17H38N4O2S.HI/c1-8-18-16(20-15(3)11-12-17(4,5)6)19-13-10-14-21(7)24(22,23)9-2;/h15H,8-14H2,1-7H3,(H2,18,19,20);1H. The minimum absolute atomic E-state index is 0. The highest BCUT2D eigenvalue weighted by atomic mass is 127. The van der Waals surface area contributed by atoms with Crippen molar-refractivity contribution in [1.29, 1.82) is 0 Å². The molecular weight excluding hydrogens is 451 g/mol. The second kappa shape index (κ2) is 13.1. The van der Waals surface area contributed by atoms with Crippen molar-refractivity contribution in [3.8, 4) is 0 Å². The van der Waals surface area contributed by atoms with Gasteiger partial charge in [-0.1, -0.05) is 20.8 Å². The van der Waals surface area contributed by atoms with Crippen molar-refractivity contribution < 1.29 is 8.42 Å². The second-order valence-electron chi connectivity index (χ2n) is 7.48. The zero-order valence-electron chi connectivity index (χ0n) is 17.1. The number of hydrogen-bond acceptors (Lipinski definition) is 3. The Bertz CT molecular complexity index is 476. The van der Waals surface area contributed by atoms with E-state index in [1.54, 1.807) is 14.0 Å². The van der Waals surface area contributed by atoms with Gasteiger partial charge in [-0.2, -0.15) is 0 Å². The lowest BCUT2D eigenvalue weighted by Gasteiger charge is -2.23. The first-order chi connectivity index (χ1) is 11.0. The molecule has 0 radical (unpaired) electrons. The first kappa shape index (κ1) is 27.1. The lowest BCUT2D eigenvalue weighted by molar-refractivity contribution is 0.346. The second-order valence-corrected chi connectivity index (χ2v) is 9.85. The lowest BCUT2D eigenvalue weighted by atomic mass is 9.89. The summed E-state index contributed by atoms with van der Waals surface area (Å²) in [5, 5.41) is 6.67. The van der Waals surface area contributed by atoms with E-state index in [-0.39, 0.29) is 29.7 Å². The molecule has 0 saturated carbocycles. The Morgan fingerprint density at radius 2 is 1.84 bits per heavy atom. The van der Waals surface area contributed by atoms with Gasteiger partial charge in [-0.15, -0.1) is 24.0 Å². The Hall–Kier alpha value is -0.0900. The van der Waals surface area contributed by atoms with E-state index in [0.29, 0.717) is 31.0 Å². The molecule has 0 saturated heterocycles. The van der Waals surface area contributed by atoms with Crippen molar-refractivity contribution in [2.75, 3.05) is 32.4 Å². The summed E-state index contributed by atoms with van der Waals surface area (Å²) in [5.74, 6) is 0.947. The largest absolute Gasteiger partial charge is 0.357 e. The van der Waals surface area contributed by atoms with Gasteiger partial charge in [0.1, 0.15) is 0 Å². The molecular formula is C17H39IN4O2S. The van der Waals surface area contributed by atoms with Crippen LogP contribution in [0.4, 0.5) is 0 Å². The van der Waals surface area contributed by atoms with Crippen LogP contribution in [0.5, 0.6) is 0 Å². The Kier molecular flexibility index (Phi) is 14.3. The summed E-state index contributed by atoms with van der Waals surface area (Å²) >= 11 is 0. The summed E-state index contributed by atoms with van der Waals surface area (Å²) in [6.07, 6.45) is 2.95. The van der Waals surface area contributed by atoms with E-state index in [4.69, 9.17) is 0 Å². The lowest BCUT2D eigenvalue weighted by Crippen LogP contribution is -2.42. The zero-order chi connectivity index (χ0) is 18.8. The number of hydrogen-bond donors (Lipinski definition) is 2. The average molecular weight is 490 g/mol. The Balaban J connectivity index is 0. The van der Waals surface area contributed by atoms with Gasteiger partial charge < -0.3 is 10.6 Å². The first-order valence-electron chi connectivity index (χ1n) is 9.00. The molecule has 0 aliphatic heterocycles. The number of guanidine groups is 1.